The first-order valence-corrected chi connectivity index (χ1v) is 18.6. The first kappa shape index (κ1) is 37.5. The fourth-order valence-corrected chi connectivity index (χ4v) is 9.06. The van der Waals surface area contributed by atoms with Crippen LogP contribution < -0.4 is 10.2 Å². The summed E-state index contributed by atoms with van der Waals surface area (Å²) < 4.78 is 12.9. The number of benzene rings is 3. The summed E-state index contributed by atoms with van der Waals surface area (Å²) in [4.78, 5) is 59.5. The van der Waals surface area contributed by atoms with Gasteiger partial charge in [-0.2, -0.15) is 0 Å². The van der Waals surface area contributed by atoms with E-state index in [1.807, 2.05) is 12.1 Å². The van der Waals surface area contributed by atoms with Gasteiger partial charge in [-0.25, -0.2) is 0 Å². The van der Waals surface area contributed by atoms with Crippen molar-refractivity contribution in [3.8, 4) is 0 Å². The second-order valence-corrected chi connectivity index (χ2v) is 14.8. The van der Waals surface area contributed by atoms with Gasteiger partial charge in [-0.3, -0.25) is 19.2 Å². The molecule has 0 radical (unpaired) electrons. The molecule has 272 valence electrons. The molecule has 1 spiro atoms. The molecule has 3 fully saturated rings. The average molecular weight is 791 g/mol. The van der Waals surface area contributed by atoms with E-state index in [-0.39, 0.29) is 31.8 Å². The van der Waals surface area contributed by atoms with Gasteiger partial charge in [-0.15, -0.1) is 13.2 Å². The highest BCUT2D eigenvalue weighted by Gasteiger charge is 2.77. The van der Waals surface area contributed by atoms with Crippen molar-refractivity contribution in [3.05, 3.63) is 126 Å². The van der Waals surface area contributed by atoms with E-state index in [4.69, 9.17) is 21.1 Å². The Morgan fingerprint density at radius 1 is 1.04 bits per heavy atom. The molecule has 0 aromatic heterocycles. The lowest BCUT2D eigenvalue weighted by molar-refractivity contribution is -0.160. The number of ether oxygens (including phenoxy) is 2. The number of esters is 1. The third kappa shape index (κ3) is 6.94. The second kappa shape index (κ2) is 16.2. The Labute approximate surface area is 316 Å². The van der Waals surface area contributed by atoms with E-state index in [9.17, 15) is 19.5 Å². The summed E-state index contributed by atoms with van der Waals surface area (Å²) in [6.45, 7) is 7.11. The maximum absolute atomic E-state index is 15.1. The van der Waals surface area contributed by atoms with E-state index in [1.165, 1.54) is 9.80 Å². The third-order valence-electron chi connectivity index (χ3n) is 10.1. The van der Waals surface area contributed by atoms with Crippen LogP contribution in [0.1, 0.15) is 42.5 Å². The highest BCUT2D eigenvalue weighted by Crippen LogP contribution is 2.61. The van der Waals surface area contributed by atoms with Crippen molar-refractivity contribution in [2.24, 2.45) is 11.8 Å². The van der Waals surface area contributed by atoms with Gasteiger partial charge in [-0.1, -0.05) is 112 Å². The minimum absolute atomic E-state index is 0.00759. The number of hydrogen-bond acceptors (Lipinski definition) is 7. The fraction of sp³-hybridized carbons (Fsp3) is 0.350. The van der Waals surface area contributed by atoms with Crippen molar-refractivity contribution in [1.29, 1.82) is 0 Å². The van der Waals surface area contributed by atoms with Crippen LogP contribution in [-0.4, -0.2) is 76.0 Å². The third-order valence-corrected chi connectivity index (χ3v) is 11.3. The van der Waals surface area contributed by atoms with Gasteiger partial charge in [0.1, 0.15) is 17.7 Å². The minimum Gasteiger partial charge on any atom is -0.455 e. The molecule has 3 amide bonds. The first-order chi connectivity index (χ1) is 25.2. The van der Waals surface area contributed by atoms with Crippen LogP contribution in [0.4, 0.5) is 5.69 Å². The van der Waals surface area contributed by atoms with E-state index in [0.29, 0.717) is 28.3 Å². The molecule has 0 aliphatic carbocycles. The highest BCUT2D eigenvalue weighted by molar-refractivity contribution is 9.09. The fourth-order valence-electron chi connectivity index (χ4n) is 7.88. The van der Waals surface area contributed by atoms with Crippen LogP contribution in [-0.2, 0) is 28.7 Å². The number of allylic oxidation sites excluding steroid dienone is 1. The van der Waals surface area contributed by atoms with Gasteiger partial charge in [-0.05, 0) is 36.1 Å². The Bertz CT molecular complexity index is 1810. The zero-order valence-electron chi connectivity index (χ0n) is 28.5. The monoisotopic (exact) mass is 789 g/mol. The van der Waals surface area contributed by atoms with Gasteiger partial charge < -0.3 is 29.7 Å². The summed E-state index contributed by atoms with van der Waals surface area (Å²) in [6.07, 6.45) is 2.53. The molecule has 8 atom stereocenters. The van der Waals surface area contributed by atoms with Crippen molar-refractivity contribution < 1.29 is 33.8 Å². The normalized spacial score (nSPS) is 25.6. The van der Waals surface area contributed by atoms with Crippen molar-refractivity contribution >= 4 is 56.9 Å². The summed E-state index contributed by atoms with van der Waals surface area (Å²) in [5, 5.41) is 14.1. The number of rotatable bonds is 15. The number of aliphatic hydroxyl groups is 1. The van der Waals surface area contributed by atoms with Gasteiger partial charge in [0, 0.05) is 17.8 Å². The highest BCUT2D eigenvalue weighted by atomic mass is 79.9. The van der Waals surface area contributed by atoms with Gasteiger partial charge in [0.05, 0.1) is 47.8 Å². The lowest BCUT2D eigenvalue weighted by Crippen LogP contribution is -2.57. The van der Waals surface area contributed by atoms with E-state index in [0.717, 1.165) is 0 Å². The van der Waals surface area contributed by atoms with Gasteiger partial charge in [0.2, 0.25) is 11.8 Å². The van der Waals surface area contributed by atoms with Gasteiger partial charge >= 0.3 is 5.97 Å². The maximum Gasteiger partial charge on any atom is 0.313 e. The number of hydrogen-bond donors (Lipinski definition) is 2. The maximum atomic E-state index is 15.1. The predicted octanol–water partition coefficient (Wildman–Crippen LogP) is 5.71. The van der Waals surface area contributed by atoms with E-state index >= 15 is 4.79 Å². The summed E-state index contributed by atoms with van der Waals surface area (Å²) in [5.41, 5.74) is 0.230. The number of carbonyl (C=O) groups is 4. The number of carbonyl (C=O) groups excluding carboxylic acids is 4. The van der Waals surface area contributed by atoms with Crippen LogP contribution in [0.25, 0.3) is 0 Å². The van der Waals surface area contributed by atoms with Crippen molar-refractivity contribution in [1.82, 2.24) is 10.2 Å². The van der Waals surface area contributed by atoms with Crippen LogP contribution in [0.5, 0.6) is 0 Å². The molecule has 3 aliphatic rings. The topological polar surface area (TPSA) is 125 Å². The molecule has 3 aromatic rings. The number of anilines is 1. The van der Waals surface area contributed by atoms with Gasteiger partial charge in [0.15, 0.2) is 0 Å². The molecule has 10 nitrogen and oxygen atoms in total. The Kier molecular flexibility index (Phi) is 11.6. The number of para-hydroxylation sites is 1. The average Bonchev–Trinajstić information content (AvgIpc) is 3.76. The standard InChI is InChI=1S/C40H41BrClN3O7/c1-3-5-20-32(47)43-23-31(26-16-10-7-11-17-26)51-39(50)33-34-37(48)45(30(24-46)25-14-8-6-9-15-25)36(40(34)22-27(41)35(33)52-40)38(49)44(21-4-2)29-19-13-12-18-28(29)42/h3-4,6-19,27,30-31,33-36,46H,1-2,5,20-24H2,(H,43,47)/t27?,30-,31+,33-,34+,35-,36-,40+/m1/s1. The van der Waals surface area contributed by atoms with Crippen molar-refractivity contribution in [3.63, 3.8) is 0 Å². The Balaban J connectivity index is 1.40. The van der Waals surface area contributed by atoms with Crippen LogP contribution in [0.3, 0.4) is 0 Å². The van der Waals surface area contributed by atoms with Crippen molar-refractivity contribution in [2.75, 3.05) is 24.6 Å². The molecular weight excluding hydrogens is 750 g/mol. The molecule has 0 saturated carbocycles. The molecule has 3 aliphatic heterocycles. The molecule has 2 N–H and O–H groups in total. The molecule has 6 rings (SSSR count). The summed E-state index contributed by atoms with van der Waals surface area (Å²) in [5.74, 6) is -4.11. The number of fused-ring (bicyclic) bond motifs is 1. The summed E-state index contributed by atoms with van der Waals surface area (Å²) in [6, 6.07) is 22.7. The second-order valence-electron chi connectivity index (χ2n) is 13.2. The minimum atomic E-state index is -1.46. The molecule has 2 bridgehead atoms. The largest absolute Gasteiger partial charge is 0.455 e. The molecule has 3 aromatic carbocycles. The number of nitrogens with zero attached hydrogens (tertiary/aromatic N) is 2. The molecule has 52 heavy (non-hydrogen) atoms. The predicted molar refractivity (Wildman–Crippen MR) is 201 cm³/mol. The molecular formula is C40H41BrClN3O7. The molecule has 1 unspecified atom stereocenters. The summed E-state index contributed by atoms with van der Waals surface area (Å²) >= 11 is 10.3. The number of alkyl halides is 1. The lowest BCUT2D eigenvalue weighted by atomic mass is 9.70. The Morgan fingerprint density at radius 3 is 2.33 bits per heavy atom. The van der Waals surface area contributed by atoms with E-state index < -0.39 is 70.9 Å². The molecule has 3 saturated heterocycles. The number of aliphatic hydroxyl groups excluding tert-OH is 1. The van der Waals surface area contributed by atoms with Crippen molar-refractivity contribution in [2.45, 2.75) is 54.0 Å². The zero-order valence-corrected chi connectivity index (χ0v) is 30.8. The van der Waals surface area contributed by atoms with Crippen LogP contribution in [0.2, 0.25) is 5.02 Å². The smallest absolute Gasteiger partial charge is 0.313 e. The first-order valence-electron chi connectivity index (χ1n) is 17.3. The number of nitrogens with one attached hydrogen (secondary N) is 1. The van der Waals surface area contributed by atoms with Crippen LogP contribution >= 0.6 is 27.5 Å². The number of amides is 3. The van der Waals surface area contributed by atoms with Gasteiger partial charge in [0.25, 0.3) is 5.91 Å². The SMILES string of the molecule is C=CCCC(=O)NC[C@H](OC(=O)[C@H]1[C@@H]2O[C@@]3(CC2Br)[C@@H]1C(=O)N([C@H](CO)c1ccccc1)[C@@H]3C(=O)N(CC=C)c1ccccc1Cl)c1ccccc1. The molecule has 12 heteroatoms. The number of likely N-dealkylation sites (tertiary alicyclic amines) is 1. The van der Waals surface area contributed by atoms with Crippen LogP contribution in [0.15, 0.2) is 110 Å². The Morgan fingerprint density at radius 2 is 1.69 bits per heavy atom. The van der Waals surface area contributed by atoms with E-state index in [1.54, 1.807) is 84.9 Å². The quantitative estimate of drug-likeness (QED) is 0.115. The molecule has 3 heterocycles. The number of halogens is 2. The van der Waals surface area contributed by atoms with Crippen LogP contribution in [0, 0.1) is 11.8 Å². The Hall–Kier alpha value is -4.29. The lowest BCUT2D eigenvalue weighted by Gasteiger charge is -2.39. The summed E-state index contributed by atoms with van der Waals surface area (Å²) in [7, 11) is 0. The van der Waals surface area contributed by atoms with E-state index in [2.05, 4.69) is 34.4 Å². The zero-order chi connectivity index (χ0) is 37.0.